The Morgan fingerprint density at radius 1 is 0.750 bits per heavy atom. The van der Waals surface area contributed by atoms with Crippen LogP contribution in [0.1, 0.15) is 40.5 Å². The molecule has 0 unspecified atom stereocenters. The van der Waals surface area contributed by atoms with Crippen LogP contribution in [0.5, 0.6) is 0 Å². The Balaban J connectivity index is 2.98. The van der Waals surface area contributed by atoms with E-state index in [-0.39, 0.29) is 18.7 Å². The summed E-state index contributed by atoms with van der Waals surface area (Å²) in [6.07, 6.45) is -6.90. The predicted molar refractivity (Wildman–Crippen MR) is 122 cm³/mol. The number of rotatable bonds is 13. The molecule has 0 spiro atoms. The van der Waals surface area contributed by atoms with Crippen LogP contribution in [-0.4, -0.2) is 92.0 Å². The van der Waals surface area contributed by atoms with Gasteiger partial charge in [0.25, 0.3) is 0 Å². The number of hydrogen-bond acceptors (Lipinski definition) is 13. The monoisotopic (exact) mass is 536 g/mol. The molecule has 0 aliphatic carbocycles. The third-order valence-corrected chi connectivity index (χ3v) is 4.70. The number of carbonyl (C=O) groups excluding carboxylic acids is 6. The van der Waals surface area contributed by atoms with Gasteiger partial charge in [-0.25, -0.2) is 0 Å². The molecule has 0 aromatic carbocycles. The maximum absolute atomic E-state index is 12.1. The molecule has 14 nitrogen and oxygen atoms in total. The Morgan fingerprint density at radius 3 is 1.81 bits per heavy atom. The first-order valence-corrected chi connectivity index (χ1v) is 11.6. The molecule has 1 heterocycles. The molecule has 15 heteroatoms. The molecule has 0 aromatic heterocycles. The molecule has 0 saturated carbocycles. The standard InChI is InChI=1S/C21H32N2O12S/c1-11(24)30-9-15-18(32-12(2)25)19(33-13(3)26)20(34-14(4)27)21(35-15)31-10-23-17(29)6-5-16(28)22-7-8-36/h15,18-21,36H,5-10H2,1-4H3,(H,22,28)(H,23,29)/t15-,18+,19+,20-,21-/m1/s1. The molecule has 2 amide bonds. The van der Waals surface area contributed by atoms with Crippen molar-refractivity contribution in [2.24, 2.45) is 0 Å². The summed E-state index contributed by atoms with van der Waals surface area (Å²) in [4.78, 5) is 70.2. The highest BCUT2D eigenvalue weighted by Crippen LogP contribution is 2.29. The summed E-state index contributed by atoms with van der Waals surface area (Å²) < 4.78 is 32.0. The topological polar surface area (TPSA) is 182 Å². The van der Waals surface area contributed by atoms with Crippen molar-refractivity contribution in [1.29, 1.82) is 0 Å². The Hall–Kier alpha value is -2.91. The van der Waals surface area contributed by atoms with E-state index in [0.717, 1.165) is 27.7 Å². The van der Waals surface area contributed by atoms with Gasteiger partial charge in [0.05, 0.1) is 0 Å². The summed E-state index contributed by atoms with van der Waals surface area (Å²) >= 11 is 3.97. The second-order valence-electron chi connectivity index (χ2n) is 7.55. The van der Waals surface area contributed by atoms with E-state index in [1.165, 1.54) is 0 Å². The Bertz CT molecular complexity index is 808. The minimum Gasteiger partial charge on any atom is -0.463 e. The van der Waals surface area contributed by atoms with E-state index in [1.54, 1.807) is 0 Å². The molecule has 204 valence electrons. The van der Waals surface area contributed by atoms with E-state index in [9.17, 15) is 28.8 Å². The van der Waals surface area contributed by atoms with Crippen LogP contribution in [0, 0.1) is 0 Å². The number of esters is 4. The van der Waals surface area contributed by atoms with Crippen molar-refractivity contribution in [3.8, 4) is 0 Å². The minimum absolute atomic E-state index is 0.0569. The lowest BCUT2D eigenvalue weighted by molar-refractivity contribution is -0.308. The van der Waals surface area contributed by atoms with E-state index in [4.69, 9.17) is 28.4 Å². The van der Waals surface area contributed by atoms with Crippen molar-refractivity contribution in [2.75, 3.05) is 25.6 Å². The zero-order chi connectivity index (χ0) is 27.3. The zero-order valence-electron chi connectivity index (χ0n) is 20.5. The quantitative estimate of drug-likeness (QED) is 0.113. The number of nitrogens with one attached hydrogen (secondary N) is 2. The highest BCUT2D eigenvalue weighted by Gasteiger charge is 2.52. The van der Waals surface area contributed by atoms with Crippen LogP contribution >= 0.6 is 12.6 Å². The van der Waals surface area contributed by atoms with E-state index >= 15 is 0 Å². The highest BCUT2D eigenvalue weighted by molar-refractivity contribution is 7.80. The molecular formula is C21H32N2O12S. The fourth-order valence-corrected chi connectivity index (χ4v) is 3.24. The molecule has 0 bridgehead atoms. The van der Waals surface area contributed by atoms with Gasteiger partial charge in [0.2, 0.25) is 18.1 Å². The third kappa shape index (κ3) is 11.7. The zero-order valence-corrected chi connectivity index (χ0v) is 21.4. The van der Waals surface area contributed by atoms with Crippen molar-refractivity contribution >= 4 is 48.3 Å². The van der Waals surface area contributed by atoms with E-state index in [1.807, 2.05) is 0 Å². The van der Waals surface area contributed by atoms with Crippen molar-refractivity contribution in [1.82, 2.24) is 10.6 Å². The summed E-state index contributed by atoms with van der Waals surface area (Å²) in [7, 11) is 0. The number of hydrogen-bond donors (Lipinski definition) is 3. The summed E-state index contributed by atoms with van der Waals surface area (Å²) in [5, 5.41) is 5.00. The van der Waals surface area contributed by atoms with Crippen LogP contribution < -0.4 is 10.6 Å². The van der Waals surface area contributed by atoms with E-state index in [2.05, 4.69) is 23.3 Å². The van der Waals surface area contributed by atoms with Gasteiger partial charge >= 0.3 is 23.9 Å². The molecule has 1 fully saturated rings. The first-order chi connectivity index (χ1) is 16.9. The van der Waals surface area contributed by atoms with Crippen LogP contribution in [0.25, 0.3) is 0 Å². The Labute approximate surface area is 213 Å². The van der Waals surface area contributed by atoms with Gasteiger partial charge < -0.3 is 39.1 Å². The van der Waals surface area contributed by atoms with E-state index in [0.29, 0.717) is 12.3 Å². The summed E-state index contributed by atoms with van der Waals surface area (Å²) in [6, 6.07) is 0. The van der Waals surface area contributed by atoms with Crippen molar-refractivity contribution in [2.45, 2.75) is 71.2 Å². The SMILES string of the molecule is CC(=O)OC[C@H]1O[C@@H](OCNC(=O)CCC(=O)NCCS)[C@H](OC(C)=O)[C@@H](OC(C)=O)[C@H]1OC(C)=O. The van der Waals surface area contributed by atoms with Gasteiger partial charge in [-0.3, -0.25) is 28.8 Å². The first kappa shape index (κ1) is 31.1. The van der Waals surface area contributed by atoms with Crippen LogP contribution in [-0.2, 0) is 57.2 Å². The molecule has 1 aliphatic heterocycles. The lowest BCUT2D eigenvalue weighted by Crippen LogP contribution is -2.63. The second kappa shape index (κ2) is 16.0. The largest absolute Gasteiger partial charge is 0.463 e. The van der Waals surface area contributed by atoms with Crippen LogP contribution in [0.15, 0.2) is 0 Å². The van der Waals surface area contributed by atoms with Crippen molar-refractivity contribution in [3.05, 3.63) is 0 Å². The fraction of sp³-hybridized carbons (Fsp3) is 0.714. The number of carbonyl (C=O) groups is 6. The molecule has 1 rings (SSSR count). The van der Waals surface area contributed by atoms with Gasteiger partial charge in [-0.15, -0.1) is 0 Å². The lowest BCUT2D eigenvalue weighted by atomic mass is 9.98. The van der Waals surface area contributed by atoms with Gasteiger partial charge in [0.15, 0.2) is 18.3 Å². The Morgan fingerprint density at radius 2 is 1.28 bits per heavy atom. The minimum atomic E-state index is -1.43. The summed E-state index contributed by atoms with van der Waals surface area (Å²) in [5.41, 5.74) is 0. The normalized spacial score (nSPS) is 23.1. The average molecular weight is 537 g/mol. The first-order valence-electron chi connectivity index (χ1n) is 11.0. The van der Waals surface area contributed by atoms with Crippen LogP contribution in [0.4, 0.5) is 0 Å². The summed E-state index contributed by atoms with van der Waals surface area (Å²) in [6.45, 7) is 3.96. The highest BCUT2D eigenvalue weighted by atomic mass is 32.1. The predicted octanol–water partition coefficient (Wildman–Crippen LogP) is -1.01. The van der Waals surface area contributed by atoms with Crippen LogP contribution in [0.2, 0.25) is 0 Å². The summed E-state index contributed by atoms with van der Waals surface area (Å²) in [5.74, 6) is -3.37. The molecule has 1 saturated heterocycles. The van der Waals surface area contributed by atoms with Gasteiger partial charge in [-0.1, -0.05) is 0 Å². The number of ether oxygens (including phenoxy) is 6. The van der Waals surface area contributed by atoms with Crippen molar-refractivity contribution in [3.63, 3.8) is 0 Å². The molecule has 1 aliphatic rings. The maximum atomic E-state index is 12.1. The van der Waals surface area contributed by atoms with Gasteiger partial charge in [0, 0.05) is 52.8 Å². The van der Waals surface area contributed by atoms with Gasteiger partial charge in [-0.05, 0) is 0 Å². The smallest absolute Gasteiger partial charge is 0.303 e. The Kier molecular flexibility index (Phi) is 13.8. The molecule has 2 N–H and O–H groups in total. The third-order valence-electron chi connectivity index (χ3n) is 4.48. The average Bonchev–Trinajstić information content (AvgIpc) is 2.77. The van der Waals surface area contributed by atoms with Gasteiger partial charge in [0.1, 0.15) is 19.4 Å². The molecule has 5 atom stereocenters. The van der Waals surface area contributed by atoms with Crippen molar-refractivity contribution < 1.29 is 57.2 Å². The molecule has 0 radical (unpaired) electrons. The fourth-order valence-electron chi connectivity index (χ4n) is 3.13. The second-order valence-corrected chi connectivity index (χ2v) is 8.00. The molecular weight excluding hydrogens is 504 g/mol. The maximum Gasteiger partial charge on any atom is 0.303 e. The number of amides is 2. The molecule has 36 heavy (non-hydrogen) atoms. The van der Waals surface area contributed by atoms with Crippen LogP contribution in [0.3, 0.4) is 0 Å². The number of thiol groups is 1. The lowest BCUT2D eigenvalue weighted by Gasteiger charge is -2.43. The van der Waals surface area contributed by atoms with E-state index < -0.39 is 73.8 Å². The molecule has 0 aromatic rings. The van der Waals surface area contributed by atoms with Gasteiger partial charge in [-0.2, -0.15) is 12.6 Å².